The third-order valence-electron chi connectivity index (χ3n) is 6.42. The first kappa shape index (κ1) is 25.4. The first-order valence-corrected chi connectivity index (χ1v) is 13.1. The Hall–Kier alpha value is -3.69. The van der Waals surface area contributed by atoms with Crippen molar-refractivity contribution in [2.24, 2.45) is 5.73 Å². The summed E-state index contributed by atoms with van der Waals surface area (Å²) < 4.78 is 23.0. The Bertz CT molecular complexity index is 1240. The summed E-state index contributed by atoms with van der Waals surface area (Å²) in [6.45, 7) is 0. The number of amidine groups is 1. The van der Waals surface area contributed by atoms with E-state index in [1.54, 1.807) is 29.2 Å². The van der Waals surface area contributed by atoms with E-state index in [1.165, 1.54) is 12.8 Å². The van der Waals surface area contributed by atoms with Crippen molar-refractivity contribution in [3.8, 4) is 11.1 Å². The Kier molecular flexibility index (Phi) is 8.35. The molecular formula is C27H31N5O3S. The summed E-state index contributed by atoms with van der Waals surface area (Å²) in [7, 11) is 0. The van der Waals surface area contributed by atoms with Gasteiger partial charge in [0.2, 0.25) is 0 Å². The molecule has 6 N–H and O–H groups in total. The molecule has 0 bridgehead atoms. The van der Waals surface area contributed by atoms with Crippen molar-refractivity contribution < 1.29 is 13.6 Å². The molecule has 0 aromatic heterocycles. The number of benzene rings is 3. The van der Waals surface area contributed by atoms with E-state index in [4.69, 9.17) is 11.1 Å². The van der Waals surface area contributed by atoms with Gasteiger partial charge in [0.15, 0.2) is 0 Å². The predicted octanol–water partition coefficient (Wildman–Crippen LogP) is 5.95. The molecule has 2 amide bonds. The van der Waals surface area contributed by atoms with Crippen LogP contribution in [0.15, 0.2) is 72.8 Å². The lowest BCUT2D eigenvalue weighted by Gasteiger charge is -2.32. The van der Waals surface area contributed by atoms with Gasteiger partial charge in [-0.3, -0.25) is 19.6 Å². The quantitative estimate of drug-likeness (QED) is 0.117. The molecule has 4 rings (SSSR count). The van der Waals surface area contributed by atoms with Crippen molar-refractivity contribution in [1.29, 1.82) is 5.41 Å². The minimum absolute atomic E-state index is 0.0338. The summed E-state index contributed by atoms with van der Waals surface area (Å²) in [6.07, 6.45) is 6.32. The number of carbonyl (C=O) groups excluding carboxylic acids is 1. The number of nitrogens with zero attached hydrogens (tertiary/aromatic N) is 1. The fourth-order valence-electron chi connectivity index (χ4n) is 4.67. The summed E-state index contributed by atoms with van der Waals surface area (Å²) in [6, 6.07) is 21.7. The van der Waals surface area contributed by atoms with Gasteiger partial charge in [-0.05, 0) is 48.7 Å². The Morgan fingerprint density at radius 3 is 2.33 bits per heavy atom. The third kappa shape index (κ3) is 6.30. The van der Waals surface area contributed by atoms with Crippen LogP contribution in [0, 0.1) is 5.41 Å². The molecule has 1 saturated carbocycles. The first-order valence-electron chi connectivity index (χ1n) is 12.0. The summed E-state index contributed by atoms with van der Waals surface area (Å²) in [5.41, 5.74) is 9.82. The highest BCUT2D eigenvalue weighted by molar-refractivity contribution is 7.80. The highest BCUT2D eigenvalue weighted by Crippen LogP contribution is 2.31. The van der Waals surface area contributed by atoms with Crippen LogP contribution in [0.25, 0.3) is 11.1 Å². The Morgan fingerprint density at radius 1 is 0.972 bits per heavy atom. The first-order chi connectivity index (χ1) is 17.4. The van der Waals surface area contributed by atoms with Gasteiger partial charge in [-0.1, -0.05) is 68.1 Å². The molecule has 1 fully saturated rings. The number of hydrogen-bond donors (Lipinski definition) is 5. The number of para-hydroxylation sites is 1. The lowest BCUT2D eigenvalue weighted by Crippen LogP contribution is -2.43. The number of urea groups is 1. The lowest BCUT2D eigenvalue weighted by atomic mass is 10.0. The maximum absolute atomic E-state index is 13.6. The van der Waals surface area contributed by atoms with Crippen LogP contribution in [0.3, 0.4) is 0 Å². The second-order valence-corrected chi connectivity index (χ2v) is 9.59. The zero-order valence-corrected chi connectivity index (χ0v) is 20.8. The summed E-state index contributed by atoms with van der Waals surface area (Å²) in [5, 5.41) is 10.8. The topological polar surface area (TPSA) is 132 Å². The van der Waals surface area contributed by atoms with Gasteiger partial charge in [-0.25, -0.2) is 9.00 Å². The van der Waals surface area contributed by atoms with Gasteiger partial charge in [0, 0.05) is 28.5 Å². The van der Waals surface area contributed by atoms with Crippen molar-refractivity contribution in [3.05, 3.63) is 78.4 Å². The normalized spacial score (nSPS) is 14.9. The van der Waals surface area contributed by atoms with Crippen LogP contribution < -0.4 is 20.7 Å². The highest BCUT2D eigenvalue weighted by atomic mass is 32.2. The second-order valence-electron chi connectivity index (χ2n) is 8.88. The van der Waals surface area contributed by atoms with Crippen molar-refractivity contribution in [2.45, 2.75) is 44.6 Å². The molecule has 9 heteroatoms. The molecule has 0 spiro atoms. The monoisotopic (exact) mass is 505 g/mol. The van der Waals surface area contributed by atoms with Gasteiger partial charge < -0.3 is 11.1 Å². The van der Waals surface area contributed by atoms with Gasteiger partial charge in [-0.2, -0.15) is 0 Å². The number of carbonyl (C=O) groups is 1. The molecule has 0 radical (unpaired) electrons. The zero-order chi connectivity index (χ0) is 25.5. The Balaban J connectivity index is 1.58. The Morgan fingerprint density at radius 2 is 1.67 bits per heavy atom. The SMILES string of the molecule is N=C(N)c1cccc(N(C(=O)Nc2ccc(-c3ccccc3NS(=O)O)cc2)C2CCCCCC2)c1. The largest absolute Gasteiger partial charge is 0.384 e. The van der Waals surface area contributed by atoms with Crippen LogP contribution in [0.2, 0.25) is 0 Å². The lowest BCUT2D eigenvalue weighted by molar-refractivity contribution is 0.254. The molecule has 0 saturated heterocycles. The maximum Gasteiger partial charge on any atom is 0.326 e. The predicted molar refractivity (Wildman–Crippen MR) is 147 cm³/mol. The average Bonchev–Trinajstić information content (AvgIpc) is 3.14. The molecule has 3 aromatic carbocycles. The number of rotatable bonds is 7. The van der Waals surface area contributed by atoms with Gasteiger partial charge >= 0.3 is 6.03 Å². The van der Waals surface area contributed by atoms with E-state index >= 15 is 0 Å². The van der Waals surface area contributed by atoms with Crippen LogP contribution in [-0.4, -0.2) is 26.7 Å². The van der Waals surface area contributed by atoms with E-state index in [0.29, 0.717) is 16.9 Å². The highest BCUT2D eigenvalue weighted by Gasteiger charge is 2.27. The van der Waals surface area contributed by atoms with Gasteiger partial charge in [-0.15, -0.1) is 0 Å². The number of anilines is 3. The molecule has 1 aliphatic carbocycles. The van der Waals surface area contributed by atoms with Crippen LogP contribution in [0.5, 0.6) is 0 Å². The molecule has 36 heavy (non-hydrogen) atoms. The van der Waals surface area contributed by atoms with Crippen LogP contribution >= 0.6 is 0 Å². The number of hydrogen-bond acceptors (Lipinski definition) is 3. The smallest absolute Gasteiger partial charge is 0.326 e. The third-order valence-corrected chi connectivity index (χ3v) is 6.81. The minimum Gasteiger partial charge on any atom is -0.384 e. The zero-order valence-electron chi connectivity index (χ0n) is 19.9. The second kappa shape index (κ2) is 11.8. The van der Waals surface area contributed by atoms with Crippen molar-refractivity contribution in [1.82, 2.24) is 0 Å². The van der Waals surface area contributed by atoms with E-state index < -0.39 is 11.3 Å². The van der Waals surface area contributed by atoms with E-state index in [1.807, 2.05) is 48.5 Å². The van der Waals surface area contributed by atoms with E-state index in [2.05, 4.69) is 10.0 Å². The molecule has 8 nitrogen and oxygen atoms in total. The summed E-state index contributed by atoms with van der Waals surface area (Å²) in [4.78, 5) is 15.4. The molecule has 1 atom stereocenters. The molecule has 0 heterocycles. The number of nitrogens with one attached hydrogen (secondary N) is 3. The summed E-state index contributed by atoms with van der Waals surface area (Å²) in [5.74, 6) is -0.0338. The molecule has 1 unspecified atom stereocenters. The maximum atomic E-state index is 13.6. The van der Waals surface area contributed by atoms with E-state index in [0.717, 1.165) is 42.5 Å². The van der Waals surface area contributed by atoms with Crippen molar-refractivity contribution in [2.75, 3.05) is 14.9 Å². The standard InChI is InChI=1S/C27H31N5O3S/c28-26(29)20-8-7-11-23(18-20)32(22-9-3-1-2-4-10-22)27(33)30-21-16-14-19(15-17-21)24-12-5-6-13-25(24)31-36(34)35/h5-8,11-18,22,31H,1-4,9-10H2,(H3,28,29)(H,30,33)(H,34,35). The van der Waals surface area contributed by atoms with Crippen molar-refractivity contribution >= 4 is 40.2 Å². The number of nitrogens with two attached hydrogens (primary N) is 1. The van der Waals surface area contributed by atoms with Gasteiger partial charge in [0.1, 0.15) is 5.84 Å². The summed E-state index contributed by atoms with van der Waals surface area (Å²) >= 11 is -2.18. The number of amides is 2. The Labute approximate surface area is 213 Å². The molecule has 3 aromatic rings. The van der Waals surface area contributed by atoms with E-state index in [9.17, 15) is 13.6 Å². The van der Waals surface area contributed by atoms with Crippen LogP contribution in [-0.2, 0) is 11.3 Å². The molecule has 0 aliphatic heterocycles. The molecular weight excluding hydrogens is 474 g/mol. The van der Waals surface area contributed by atoms with E-state index in [-0.39, 0.29) is 17.9 Å². The van der Waals surface area contributed by atoms with Crippen LogP contribution in [0.1, 0.15) is 44.1 Å². The average molecular weight is 506 g/mol. The van der Waals surface area contributed by atoms with Gasteiger partial charge in [0.05, 0.1) is 5.69 Å². The van der Waals surface area contributed by atoms with Crippen molar-refractivity contribution in [3.63, 3.8) is 0 Å². The molecule has 1 aliphatic rings. The minimum atomic E-state index is -2.18. The molecule has 188 valence electrons. The van der Waals surface area contributed by atoms with Crippen LogP contribution in [0.4, 0.5) is 21.9 Å². The number of nitrogen functional groups attached to an aromatic ring is 1. The fourth-order valence-corrected chi connectivity index (χ4v) is 5.03. The van der Waals surface area contributed by atoms with Gasteiger partial charge in [0.25, 0.3) is 11.3 Å². The fraction of sp³-hybridized carbons (Fsp3) is 0.259.